The van der Waals surface area contributed by atoms with Crippen molar-refractivity contribution in [3.05, 3.63) is 5.28 Å². The highest BCUT2D eigenvalue weighted by Crippen LogP contribution is 2.36. The molecule has 0 aliphatic heterocycles. The van der Waals surface area contributed by atoms with Crippen molar-refractivity contribution in [3.8, 4) is 0 Å². The number of aromatic nitrogens is 3. The van der Waals surface area contributed by atoms with Crippen LogP contribution in [0.15, 0.2) is 0 Å². The molecule has 2 fully saturated rings. The summed E-state index contributed by atoms with van der Waals surface area (Å²) in [5, 5.41) is 3.47. The Bertz CT molecular complexity index is 445. The number of hydrogen-bond donors (Lipinski definition) is 1. The van der Waals surface area contributed by atoms with E-state index in [-0.39, 0.29) is 5.28 Å². The minimum Gasteiger partial charge on any atom is -0.354 e. The monoisotopic (exact) mass is 281 g/mol. The summed E-state index contributed by atoms with van der Waals surface area (Å²) in [7, 11) is 0. The SMILES string of the molecule is CCCNc1nc(Cl)nc(N(CC2CC2)C2CC2)n1. The van der Waals surface area contributed by atoms with E-state index >= 15 is 0 Å². The fraction of sp³-hybridized carbons (Fsp3) is 0.769. The molecule has 0 atom stereocenters. The lowest BCUT2D eigenvalue weighted by Gasteiger charge is -2.22. The molecular weight excluding hydrogens is 262 g/mol. The Hall–Kier alpha value is -1.10. The van der Waals surface area contributed by atoms with E-state index in [1.54, 1.807) is 0 Å². The number of halogens is 1. The van der Waals surface area contributed by atoms with Crippen LogP contribution in [0.3, 0.4) is 0 Å². The highest BCUT2D eigenvalue weighted by Gasteiger charge is 2.35. The second kappa shape index (κ2) is 5.49. The zero-order chi connectivity index (χ0) is 13.2. The van der Waals surface area contributed by atoms with Crippen LogP contribution in [0.5, 0.6) is 0 Å². The predicted molar refractivity (Wildman–Crippen MR) is 76.7 cm³/mol. The van der Waals surface area contributed by atoms with Crippen LogP contribution < -0.4 is 10.2 Å². The van der Waals surface area contributed by atoms with E-state index in [1.165, 1.54) is 25.7 Å². The molecule has 1 N–H and O–H groups in total. The third kappa shape index (κ3) is 3.47. The standard InChI is InChI=1S/C13H20ClN5/c1-2-7-15-12-16-11(14)17-13(18-12)19(10-5-6-10)8-9-3-4-9/h9-10H,2-8H2,1H3,(H,15,16,17,18). The summed E-state index contributed by atoms with van der Waals surface area (Å²) in [6.07, 6.45) is 6.19. The zero-order valence-electron chi connectivity index (χ0n) is 11.3. The van der Waals surface area contributed by atoms with Crippen LogP contribution in [-0.2, 0) is 0 Å². The van der Waals surface area contributed by atoms with Crippen LogP contribution in [0, 0.1) is 5.92 Å². The highest BCUT2D eigenvalue weighted by molar-refractivity contribution is 6.28. The van der Waals surface area contributed by atoms with Crippen LogP contribution in [0.1, 0.15) is 39.0 Å². The number of anilines is 2. The molecule has 2 saturated carbocycles. The largest absolute Gasteiger partial charge is 0.354 e. The van der Waals surface area contributed by atoms with Gasteiger partial charge < -0.3 is 10.2 Å². The van der Waals surface area contributed by atoms with E-state index in [0.29, 0.717) is 12.0 Å². The molecule has 19 heavy (non-hydrogen) atoms. The molecule has 1 heterocycles. The zero-order valence-corrected chi connectivity index (χ0v) is 12.0. The Morgan fingerprint density at radius 1 is 1.21 bits per heavy atom. The summed E-state index contributed by atoms with van der Waals surface area (Å²) in [6.45, 7) is 4.03. The first-order valence-corrected chi connectivity index (χ1v) is 7.56. The number of rotatable bonds is 7. The van der Waals surface area contributed by atoms with Gasteiger partial charge in [-0.2, -0.15) is 15.0 Å². The van der Waals surface area contributed by atoms with Gasteiger partial charge in [0.15, 0.2) is 0 Å². The van der Waals surface area contributed by atoms with Gasteiger partial charge in [-0.3, -0.25) is 0 Å². The van der Waals surface area contributed by atoms with E-state index in [0.717, 1.165) is 31.4 Å². The quantitative estimate of drug-likeness (QED) is 0.833. The second-order valence-electron chi connectivity index (χ2n) is 5.48. The molecule has 0 spiro atoms. The maximum absolute atomic E-state index is 6.02. The summed E-state index contributed by atoms with van der Waals surface area (Å²) in [5.74, 6) is 2.16. The first-order valence-electron chi connectivity index (χ1n) is 7.18. The fourth-order valence-corrected chi connectivity index (χ4v) is 2.30. The second-order valence-corrected chi connectivity index (χ2v) is 5.82. The molecule has 0 bridgehead atoms. The molecule has 0 radical (unpaired) electrons. The third-order valence-corrected chi connectivity index (χ3v) is 3.69. The van der Waals surface area contributed by atoms with Gasteiger partial charge in [-0.25, -0.2) is 0 Å². The maximum atomic E-state index is 6.02. The molecule has 0 amide bonds. The van der Waals surface area contributed by atoms with Gasteiger partial charge in [-0.05, 0) is 49.6 Å². The van der Waals surface area contributed by atoms with Crippen molar-refractivity contribution in [1.82, 2.24) is 15.0 Å². The van der Waals surface area contributed by atoms with Crippen LogP contribution in [0.4, 0.5) is 11.9 Å². The van der Waals surface area contributed by atoms with Gasteiger partial charge in [0.1, 0.15) is 0 Å². The summed E-state index contributed by atoms with van der Waals surface area (Å²) in [6, 6.07) is 0.609. The molecule has 2 aliphatic carbocycles. The summed E-state index contributed by atoms with van der Waals surface area (Å²) in [5.41, 5.74) is 0. The fourth-order valence-electron chi connectivity index (χ4n) is 2.14. The highest BCUT2D eigenvalue weighted by atomic mass is 35.5. The van der Waals surface area contributed by atoms with E-state index in [4.69, 9.17) is 11.6 Å². The Labute approximate surface area is 118 Å². The normalized spacial score (nSPS) is 18.4. The van der Waals surface area contributed by atoms with E-state index in [1.807, 2.05) is 0 Å². The van der Waals surface area contributed by atoms with Crippen molar-refractivity contribution in [2.24, 2.45) is 5.92 Å². The minimum absolute atomic E-state index is 0.282. The lowest BCUT2D eigenvalue weighted by Crippen LogP contribution is -2.30. The van der Waals surface area contributed by atoms with Gasteiger partial charge in [-0.15, -0.1) is 0 Å². The molecule has 1 aromatic rings. The van der Waals surface area contributed by atoms with Gasteiger partial charge in [0.2, 0.25) is 17.2 Å². The number of hydrogen-bond acceptors (Lipinski definition) is 5. The molecule has 5 nitrogen and oxygen atoms in total. The smallest absolute Gasteiger partial charge is 0.231 e. The van der Waals surface area contributed by atoms with Gasteiger partial charge >= 0.3 is 0 Å². The molecule has 0 aromatic carbocycles. The van der Waals surface area contributed by atoms with E-state index in [9.17, 15) is 0 Å². The summed E-state index contributed by atoms with van der Waals surface area (Å²) in [4.78, 5) is 15.3. The lowest BCUT2D eigenvalue weighted by atomic mass is 10.3. The van der Waals surface area contributed by atoms with Crippen molar-refractivity contribution in [1.29, 1.82) is 0 Å². The predicted octanol–water partition coefficient (Wildman–Crippen LogP) is 2.73. The van der Waals surface area contributed by atoms with Gasteiger partial charge in [0, 0.05) is 19.1 Å². The average Bonchev–Trinajstić information content (AvgIpc) is 3.26. The molecule has 104 valence electrons. The van der Waals surface area contributed by atoms with Crippen molar-refractivity contribution >= 4 is 23.5 Å². The van der Waals surface area contributed by atoms with Crippen LogP contribution in [-0.4, -0.2) is 34.1 Å². The summed E-state index contributed by atoms with van der Waals surface area (Å²) >= 11 is 6.02. The molecule has 0 saturated heterocycles. The van der Waals surface area contributed by atoms with Crippen LogP contribution in [0.2, 0.25) is 5.28 Å². The Balaban J connectivity index is 1.77. The van der Waals surface area contributed by atoms with E-state index < -0.39 is 0 Å². The maximum Gasteiger partial charge on any atom is 0.231 e. The van der Waals surface area contributed by atoms with Crippen LogP contribution >= 0.6 is 11.6 Å². The van der Waals surface area contributed by atoms with Crippen LogP contribution in [0.25, 0.3) is 0 Å². The Kier molecular flexibility index (Phi) is 3.73. The van der Waals surface area contributed by atoms with Crippen molar-refractivity contribution in [3.63, 3.8) is 0 Å². The molecule has 6 heteroatoms. The first-order chi connectivity index (χ1) is 9.26. The minimum atomic E-state index is 0.282. The van der Waals surface area contributed by atoms with Gasteiger partial charge in [0.05, 0.1) is 0 Å². The number of nitrogens with zero attached hydrogens (tertiary/aromatic N) is 4. The molecule has 2 aliphatic rings. The number of nitrogens with one attached hydrogen (secondary N) is 1. The first kappa shape index (κ1) is 12.9. The molecule has 3 rings (SSSR count). The van der Waals surface area contributed by atoms with Crippen molar-refractivity contribution < 1.29 is 0 Å². The van der Waals surface area contributed by atoms with Gasteiger partial charge in [-0.1, -0.05) is 6.92 Å². The Morgan fingerprint density at radius 2 is 2.00 bits per heavy atom. The lowest BCUT2D eigenvalue weighted by molar-refractivity contribution is 0.694. The topological polar surface area (TPSA) is 53.9 Å². The average molecular weight is 282 g/mol. The molecule has 1 aromatic heterocycles. The molecule has 0 unspecified atom stereocenters. The Morgan fingerprint density at radius 3 is 2.63 bits per heavy atom. The van der Waals surface area contributed by atoms with Gasteiger partial charge in [0.25, 0.3) is 0 Å². The summed E-state index contributed by atoms with van der Waals surface area (Å²) < 4.78 is 0. The molecular formula is C13H20ClN5. The van der Waals surface area contributed by atoms with E-state index in [2.05, 4.69) is 32.1 Å². The third-order valence-electron chi connectivity index (χ3n) is 3.53. The van der Waals surface area contributed by atoms with Crippen molar-refractivity contribution in [2.75, 3.05) is 23.3 Å². The van der Waals surface area contributed by atoms with Crippen molar-refractivity contribution in [2.45, 2.75) is 45.1 Å².